The quantitative estimate of drug-likeness (QED) is 0.789. The van der Waals surface area contributed by atoms with E-state index in [-0.39, 0.29) is 0 Å². The van der Waals surface area contributed by atoms with Crippen LogP contribution in [0.25, 0.3) is 5.57 Å². The fourth-order valence-corrected chi connectivity index (χ4v) is 4.00. The van der Waals surface area contributed by atoms with Crippen LogP contribution in [0.4, 0.5) is 0 Å². The van der Waals surface area contributed by atoms with E-state index in [9.17, 15) is 0 Å². The third kappa shape index (κ3) is 3.27. The molecule has 1 fully saturated rings. The standard InChI is InChI=1S/C20H20BrNO/c21-18-8-4-7-16(9-18)17-10-19-13-23-14-20(11-17)22(19)12-15-5-2-1-3-6-15/h1-10,19-20H,11-14H2. The largest absolute Gasteiger partial charge is 0.378 e. The van der Waals surface area contributed by atoms with E-state index in [1.807, 2.05) is 0 Å². The minimum absolute atomic E-state index is 0.372. The van der Waals surface area contributed by atoms with Gasteiger partial charge >= 0.3 is 0 Å². The van der Waals surface area contributed by atoms with Gasteiger partial charge < -0.3 is 4.74 Å². The Balaban J connectivity index is 1.60. The second-order valence-electron chi connectivity index (χ2n) is 6.32. The van der Waals surface area contributed by atoms with Crippen molar-refractivity contribution in [3.05, 3.63) is 76.3 Å². The molecular weight excluding hydrogens is 350 g/mol. The van der Waals surface area contributed by atoms with Gasteiger partial charge in [-0.25, -0.2) is 0 Å². The van der Waals surface area contributed by atoms with Crippen LogP contribution in [0.15, 0.2) is 65.1 Å². The Morgan fingerprint density at radius 3 is 2.70 bits per heavy atom. The van der Waals surface area contributed by atoms with Crippen LogP contribution in [-0.2, 0) is 11.3 Å². The minimum Gasteiger partial charge on any atom is -0.378 e. The molecule has 0 aromatic heterocycles. The summed E-state index contributed by atoms with van der Waals surface area (Å²) in [5, 5.41) is 0. The van der Waals surface area contributed by atoms with Crippen molar-refractivity contribution in [2.45, 2.75) is 25.0 Å². The molecule has 2 aliphatic rings. The first kappa shape index (κ1) is 15.1. The SMILES string of the molecule is Brc1cccc(C2=CC3COCC(C2)N3Cc2ccccc2)c1. The van der Waals surface area contributed by atoms with E-state index in [0.29, 0.717) is 12.1 Å². The van der Waals surface area contributed by atoms with Gasteiger partial charge in [0.05, 0.1) is 19.3 Å². The fourth-order valence-electron chi connectivity index (χ4n) is 3.60. The maximum atomic E-state index is 5.82. The van der Waals surface area contributed by atoms with E-state index in [0.717, 1.165) is 30.7 Å². The number of halogens is 1. The summed E-state index contributed by atoms with van der Waals surface area (Å²) in [6, 6.07) is 20.2. The highest BCUT2D eigenvalue weighted by Crippen LogP contribution is 2.34. The molecule has 3 heteroatoms. The van der Waals surface area contributed by atoms with Crippen molar-refractivity contribution >= 4 is 21.5 Å². The van der Waals surface area contributed by atoms with Crippen LogP contribution in [0.1, 0.15) is 17.5 Å². The van der Waals surface area contributed by atoms with Crippen molar-refractivity contribution in [1.29, 1.82) is 0 Å². The lowest BCUT2D eigenvalue weighted by Gasteiger charge is -2.44. The Hall–Kier alpha value is -1.42. The predicted octanol–water partition coefficient (Wildman–Crippen LogP) is 4.51. The lowest BCUT2D eigenvalue weighted by Crippen LogP contribution is -2.53. The topological polar surface area (TPSA) is 12.5 Å². The first-order chi connectivity index (χ1) is 11.3. The highest BCUT2D eigenvalue weighted by molar-refractivity contribution is 9.10. The fraction of sp³-hybridized carbons (Fsp3) is 0.300. The lowest BCUT2D eigenvalue weighted by molar-refractivity contribution is -0.0402. The Labute approximate surface area is 145 Å². The van der Waals surface area contributed by atoms with Crippen molar-refractivity contribution in [2.75, 3.05) is 13.2 Å². The van der Waals surface area contributed by atoms with Gasteiger partial charge in [0, 0.05) is 17.1 Å². The monoisotopic (exact) mass is 369 g/mol. The molecule has 2 atom stereocenters. The predicted molar refractivity (Wildman–Crippen MR) is 97.1 cm³/mol. The highest BCUT2D eigenvalue weighted by atomic mass is 79.9. The van der Waals surface area contributed by atoms with Gasteiger partial charge in [-0.2, -0.15) is 0 Å². The summed E-state index contributed by atoms with van der Waals surface area (Å²) in [6.07, 6.45) is 3.46. The molecule has 0 aliphatic carbocycles. The van der Waals surface area contributed by atoms with E-state index < -0.39 is 0 Å². The van der Waals surface area contributed by atoms with Gasteiger partial charge in [0.15, 0.2) is 0 Å². The summed E-state index contributed by atoms with van der Waals surface area (Å²) >= 11 is 3.58. The van der Waals surface area contributed by atoms with E-state index in [1.165, 1.54) is 16.7 Å². The Kier molecular flexibility index (Phi) is 4.34. The maximum Gasteiger partial charge on any atom is 0.0658 e. The first-order valence-electron chi connectivity index (χ1n) is 8.13. The van der Waals surface area contributed by atoms with Crippen molar-refractivity contribution in [3.63, 3.8) is 0 Å². The van der Waals surface area contributed by atoms with Crippen LogP contribution in [0.5, 0.6) is 0 Å². The van der Waals surface area contributed by atoms with Crippen molar-refractivity contribution < 1.29 is 4.74 Å². The average molecular weight is 370 g/mol. The number of benzene rings is 2. The minimum atomic E-state index is 0.372. The van der Waals surface area contributed by atoms with Crippen molar-refractivity contribution in [3.8, 4) is 0 Å². The Morgan fingerprint density at radius 1 is 1.04 bits per heavy atom. The highest BCUT2D eigenvalue weighted by Gasteiger charge is 2.34. The average Bonchev–Trinajstić information content (AvgIpc) is 2.55. The van der Waals surface area contributed by atoms with Crippen LogP contribution in [0, 0.1) is 0 Å². The van der Waals surface area contributed by atoms with Crippen LogP contribution in [-0.4, -0.2) is 30.2 Å². The number of hydrogen-bond acceptors (Lipinski definition) is 2. The zero-order chi connectivity index (χ0) is 15.6. The lowest BCUT2D eigenvalue weighted by atomic mass is 9.89. The molecule has 1 saturated heterocycles. The molecule has 4 rings (SSSR count). The molecule has 118 valence electrons. The molecule has 2 aliphatic heterocycles. The molecule has 2 unspecified atom stereocenters. The van der Waals surface area contributed by atoms with Gasteiger partial charge in [0.1, 0.15) is 0 Å². The smallest absolute Gasteiger partial charge is 0.0658 e. The third-order valence-electron chi connectivity index (χ3n) is 4.75. The van der Waals surface area contributed by atoms with E-state index in [1.54, 1.807) is 0 Å². The number of ether oxygens (including phenoxy) is 1. The number of fused-ring (bicyclic) bond motifs is 2. The van der Waals surface area contributed by atoms with Gasteiger partial charge in [-0.15, -0.1) is 0 Å². The Morgan fingerprint density at radius 2 is 1.91 bits per heavy atom. The Bertz CT molecular complexity index is 713. The van der Waals surface area contributed by atoms with E-state index >= 15 is 0 Å². The molecule has 2 bridgehead atoms. The molecule has 0 N–H and O–H groups in total. The van der Waals surface area contributed by atoms with Crippen molar-refractivity contribution in [1.82, 2.24) is 4.90 Å². The number of rotatable bonds is 3. The number of nitrogens with zero attached hydrogens (tertiary/aromatic N) is 1. The summed E-state index contributed by atoms with van der Waals surface area (Å²) in [6.45, 7) is 2.62. The normalized spacial score (nSPS) is 24.3. The molecule has 0 amide bonds. The number of hydrogen-bond donors (Lipinski definition) is 0. The zero-order valence-corrected chi connectivity index (χ0v) is 14.6. The van der Waals surface area contributed by atoms with Crippen LogP contribution < -0.4 is 0 Å². The van der Waals surface area contributed by atoms with E-state index in [4.69, 9.17) is 4.74 Å². The molecule has 2 nitrogen and oxygen atoms in total. The van der Waals surface area contributed by atoms with Gasteiger partial charge in [-0.05, 0) is 35.3 Å². The summed E-state index contributed by atoms with van der Waals surface area (Å²) in [7, 11) is 0. The van der Waals surface area contributed by atoms with Gasteiger partial charge in [-0.1, -0.05) is 64.5 Å². The van der Waals surface area contributed by atoms with Gasteiger partial charge in [-0.3, -0.25) is 4.90 Å². The first-order valence-corrected chi connectivity index (χ1v) is 8.93. The molecule has 0 radical (unpaired) electrons. The third-order valence-corrected chi connectivity index (χ3v) is 5.24. The molecular formula is C20H20BrNO. The van der Waals surface area contributed by atoms with Crippen LogP contribution in [0.2, 0.25) is 0 Å². The van der Waals surface area contributed by atoms with Crippen LogP contribution >= 0.6 is 15.9 Å². The molecule has 23 heavy (non-hydrogen) atoms. The second kappa shape index (κ2) is 6.60. The number of morpholine rings is 1. The summed E-state index contributed by atoms with van der Waals surface area (Å²) in [5.41, 5.74) is 4.16. The molecule has 0 saturated carbocycles. The zero-order valence-electron chi connectivity index (χ0n) is 13.0. The second-order valence-corrected chi connectivity index (χ2v) is 7.24. The van der Waals surface area contributed by atoms with Gasteiger partial charge in [0.25, 0.3) is 0 Å². The van der Waals surface area contributed by atoms with Gasteiger partial charge in [0.2, 0.25) is 0 Å². The van der Waals surface area contributed by atoms with Crippen molar-refractivity contribution in [2.24, 2.45) is 0 Å². The summed E-state index contributed by atoms with van der Waals surface area (Å²) in [5.74, 6) is 0. The summed E-state index contributed by atoms with van der Waals surface area (Å²) in [4.78, 5) is 2.60. The molecule has 2 aromatic rings. The maximum absolute atomic E-state index is 5.82. The van der Waals surface area contributed by atoms with E-state index in [2.05, 4.69) is 81.5 Å². The molecule has 0 spiro atoms. The molecule has 2 heterocycles. The van der Waals surface area contributed by atoms with Crippen LogP contribution in [0.3, 0.4) is 0 Å². The summed E-state index contributed by atoms with van der Waals surface area (Å²) < 4.78 is 6.96. The molecule has 2 aromatic carbocycles.